The highest BCUT2D eigenvalue weighted by Crippen LogP contribution is 2.22. The number of hydrogen-bond donors (Lipinski definition) is 2. The molecule has 5 nitrogen and oxygen atoms in total. The van der Waals surface area contributed by atoms with Crippen molar-refractivity contribution >= 4 is 23.0 Å². The summed E-state index contributed by atoms with van der Waals surface area (Å²) in [5, 5.41) is 14.7. The van der Waals surface area contributed by atoms with Crippen molar-refractivity contribution in [3.63, 3.8) is 0 Å². The number of halogens is 1. The molecule has 3 aromatic carbocycles. The molecule has 0 aliphatic heterocycles. The number of phenols is 1. The number of hydrazone groups is 1. The molecule has 0 aliphatic carbocycles. The van der Waals surface area contributed by atoms with Gasteiger partial charge in [-0.25, -0.2) is 9.82 Å². The molecule has 4 rings (SSSR count). The molecule has 2 N–H and O–H groups in total. The van der Waals surface area contributed by atoms with Gasteiger partial charge in [-0.05, 0) is 24.3 Å². The minimum Gasteiger partial charge on any atom is -0.507 e. The molecule has 1 heterocycles. The van der Waals surface area contributed by atoms with Crippen LogP contribution in [-0.2, 0) is 6.54 Å². The van der Waals surface area contributed by atoms with Gasteiger partial charge in [-0.15, -0.1) is 0 Å². The van der Waals surface area contributed by atoms with Crippen LogP contribution < -0.4 is 5.43 Å². The lowest BCUT2D eigenvalue weighted by atomic mass is 10.2. The molecular formula is C23H18FN3O2. The van der Waals surface area contributed by atoms with Gasteiger partial charge in [0.05, 0.1) is 18.3 Å². The van der Waals surface area contributed by atoms with Crippen molar-refractivity contribution in [3.05, 3.63) is 102 Å². The van der Waals surface area contributed by atoms with Crippen LogP contribution in [0.15, 0.2) is 84.1 Å². The van der Waals surface area contributed by atoms with Crippen molar-refractivity contribution in [1.82, 2.24) is 9.99 Å². The third kappa shape index (κ3) is 3.87. The van der Waals surface area contributed by atoms with Crippen molar-refractivity contribution < 1.29 is 14.3 Å². The molecule has 0 bridgehead atoms. The first kappa shape index (κ1) is 18.4. The molecule has 1 amide bonds. The lowest BCUT2D eigenvalue weighted by Crippen LogP contribution is -2.17. The van der Waals surface area contributed by atoms with Crippen LogP contribution in [-0.4, -0.2) is 21.8 Å². The number of nitrogens with zero attached hydrogens (tertiary/aromatic N) is 2. The summed E-state index contributed by atoms with van der Waals surface area (Å²) in [5.41, 5.74) is 4.88. The monoisotopic (exact) mass is 387 g/mol. The predicted octanol–water partition coefficient (Wildman–Crippen LogP) is 4.30. The van der Waals surface area contributed by atoms with Gasteiger partial charge in [0.15, 0.2) is 0 Å². The molecular weight excluding hydrogens is 369 g/mol. The van der Waals surface area contributed by atoms with Gasteiger partial charge < -0.3 is 9.67 Å². The summed E-state index contributed by atoms with van der Waals surface area (Å²) in [6, 6.07) is 20.6. The van der Waals surface area contributed by atoms with Gasteiger partial charge >= 0.3 is 0 Å². The summed E-state index contributed by atoms with van der Waals surface area (Å²) in [6.45, 7) is 0.380. The number of carbonyl (C=O) groups excluding carboxylic acids is 1. The Balaban J connectivity index is 1.59. The molecule has 0 aliphatic rings. The summed E-state index contributed by atoms with van der Waals surface area (Å²) in [6.07, 6.45) is 3.41. The van der Waals surface area contributed by atoms with Crippen molar-refractivity contribution in [2.75, 3.05) is 0 Å². The molecule has 0 fully saturated rings. The van der Waals surface area contributed by atoms with Crippen LogP contribution in [0.1, 0.15) is 21.5 Å². The molecule has 6 heteroatoms. The van der Waals surface area contributed by atoms with Crippen LogP contribution in [0, 0.1) is 5.82 Å². The Labute approximate surface area is 166 Å². The summed E-state index contributed by atoms with van der Waals surface area (Å²) >= 11 is 0. The Bertz CT molecular complexity index is 1210. The number of carbonyl (C=O) groups is 1. The fourth-order valence-electron chi connectivity index (χ4n) is 3.21. The molecule has 0 saturated carbocycles. The van der Waals surface area contributed by atoms with Crippen LogP contribution in [0.25, 0.3) is 10.9 Å². The fraction of sp³-hybridized carbons (Fsp3) is 0.0435. The number of hydrogen-bond acceptors (Lipinski definition) is 3. The van der Waals surface area contributed by atoms with E-state index in [1.165, 1.54) is 24.4 Å². The standard InChI is InChI=1S/C23H18FN3O2/c24-20-10-4-1-7-16(20)14-27-15-17(18-8-2-5-11-21(18)27)13-25-26-23(29)19-9-3-6-12-22(19)28/h1-13,15,28H,14H2,(H,26,29). The first-order valence-corrected chi connectivity index (χ1v) is 9.06. The highest BCUT2D eigenvalue weighted by Gasteiger charge is 2.11. The summed E-state index contributed by atoms with van der Waals surface area (Å²) < 4.78 is 16.0. The Hall–Kier alpha value is -3.93. The second kappa shape index (κ2) is 7.98. The molecule has 4 aromatic rings. The van der Waals surface area contributed by atoms with E-state index in [9.17, 15) is 14.3 Å². The smallest absolute Gasteiger partial charge is 0.275 e. The van der Waals surface area contributed by atoms with Gasteiger partial charge in [0.2, 0.25) is 0 Å². The molecule has 0 spiro atoms. The third-order valence-corrected chi connectivity index (χ3v) is 4.64. The average Bonchev–Trinajstić information content (AvgIpc) is 3.08. The van der Waals surface area contributed by atoms with Gasteiger partial charge in [-0.3, -0.25) is 4.79 Å². The molecule has 1 aromatic heterocycles. The first-order chi connectivity index (χ1) is 14.1. The van der Waals surface area contributed by atoms with Crippen molar-refractivity contribution in [2.24, 2.45) is 5.10 Å². The largest absolute Gasteiger partial charge is 0.507 e. The number of aromatic nitrogens is 1. The minimum atomic E-state index is -0.505. The molecule has 29 heavy (non-hydrogen) atoms. The highest BCUT2D eigenvalue weighted by molar-refractivity contribution is 6.01. The average molecular weight is 387 g/mol. The lowest BCUT2D eigenvalue weighted by molar-refractivity contribution is 0.0952. The quantitative estimate of drug-likeness (QED) is 0.396. The Morgan fingerprint density at radius 2 is 1.76 bits per heavy atom. The summed E-state index contributed by atoms with van der Waals surface area (Å²) in [4.78, 5) is 12.2. The van der Waals surface area contributed by atoms with Crippen LogP contribution in [0.5, 0.6) is 5.75 Å². The minimum absolute atomic E-state index is 0.110. The maximum Gasteiger partial charge on any atom is 0.275 e. The molecule has 144 valence electrons. The molecule has 0 unspecified atom stereocenters. The predicted molar refractivity (Wildman–Crippen MR) is 111 cm³/mol. The zero-order chi connectivity index (χ0) is 20.2. The van der Waals surface area contributed by atoms with E-state index < -0.39 is 5.91 Å². The number of rotatable bonds is 5. The van der Waals surface area contributed by atoms with E-state index in [1.54, 1.807) is 30.3 Å². The van der Waals surface area contributed by atoms with Gasteiger partial charge in [0, 0.05) is 28.2 Å². The zero-order valence-corrected chi connectivity index (χ0v) is 15.4. The van der Waals surface area contributed by atoms with E-state index in [2.05, 4.69) is 10.5 Å². The second-order valence-electron chi connectivity index (χ2n) is 6.54. The Morgan fingerprint density at radius 1 is 1.03 bits per heavy atom. The second-order valence-corrected chi connectivity index (χ2v) is 6.54. The van der Waals surface area contributed by atoms with Crippen LogP contribution >= 0.6 is 0 Å². The van der Waals surface area contributed by atoms with E-state index in [0.29, 0.717) is 12.1 Å². The molecule has 0 atom stereocenters. The van der Waals surface area contributed by atoms with Gasteiger partial charge in [0.1, 0.15) is 11.6 Å². The SMILES string of the molecule is O=C(NN=Cc1cn(Cc2ccccc2F)c2ccccc12)c1ccccc1O. The van der Waals surface area contributed by atoms with Crippen LogP contribution in [0.2, 0.25) is 0 Å². The van der Waals surface area contributed by atoms with Gasteiger partial charge in [0.25, 0.3) is 5.91 Å². The number of fused-ring (bicyclic) bond motifs is 1. The molecule has 0 saturated heterocycles. The van der Waals surface area contributed by atoms with Gasteiger partial charge in [-0.1, -0.05) is 48.5 Å². The van der Waals surface area contributed by atoms with E-state index in [-0.39, 0.29) is 17.1 Å². The summed E-state index contributed by atoms with van der Waals surface area (Å²) in [7, 11) is 0. The maximum absolute atomic E-state index is 14.1. The highest BCUT2D eigenvalue weighted by atomic mass is 19.1. The van der Waals surface area contributed by atoms with E-state index >= 15 is 0 Å². The number of benzene rings is 3. The molecule has 0 radical (unpaired) electrons. The number of nitrogens with one attached hydrogen (secondary N) is 1. The fourth-order valence-corrected chi connectivity index (χ4v) is 3.21. The maximum atomic E-state index is 14.1. The first-order valence-electron chi connectivity index (χ1n) is 9.06. The summed E-state index contributed by atoms with van der Waals surface area (Å²) in [5.74, 6) is -0.869. The number of aromatic hydroxyl groups is 1. The number of phenolic OH excluding ortho intramolecular Hbond substituents is 1. The van der Waals surface area contributed by atoms with Crippen LogP contribution in [0.3, 0.4) is 0 Å². The van der Waals surface area contributed by atoms with E-state index in [4.69, 9.17) is 0 Å². The normalized spacial score (nSPS) is 11.2. The van der Waals surface area contributed by atoms with Crippen molar-refractivity contribution in [2.45, 2.75) is 6.54 Å². The number of amides is 1. The van der Waals surface area contributed by atoms with Crippen LogP contribution in [0.4, 0.5) is 4.39 Å². The zero-order valence-electron chi connectivity index (χ0n) is 15.4. The lowest BCUT2D eigenvalue weighted by Gasteiger charge is -2.06. The topological polar surface area (TPSA) is 66.6 Å². The van der Waals surface area contributed by atoms with E-state index in [0.717, 1.165) is 16.5 Å². The van der Waals surface area contributed by atoms with Gasteiger partial charge in [-0.2, -0.15) is 5.10 Å². The van der Waals surface area contributed by atoms with Crippen molar-refractivity contribution in [3.8, 4) is 5.75 Å². The Kier molecular flexibility index (Phi) is 5.07. The number of para-hydroxylation sites is 2. The third-order valence-electron chi connectivity index (χ3n) is 4.64. The van der Waals surface area contributed by atoms with Crippen molar-refractivity contribution in [1.29, 1.82) is 0 Å². The Morgan fingerprint density at radius 3 is 2.59 bits per heavy atom. The van der Waals surface area contributed by atoms with E-state index in [1.807, 2.05) is 35.0 Å².